The number of piperazine rings is 1. The van der Waals surface area contributed by atoms with Crippen molar-refractivity contribution in [2.45, 2.75) is 43.7 Å². The van der Waals surface area contributed by atoms with Crippen LogP contribution >= 0.6 is 0 Å². The van der Waals surface area contributed by atoms with Gasteiger partial charge in [0.2, 0.25) is 5.91 Å². The van der Waals surface area contributed by atoms with Gasteiger partial charge in [-0.3, -0.25) is 9.59 Å². The molecule has 2 aromatic carbocycles. The maximum Gasteiger partial charge on any atom is 0.254 e. The summed E-state index contributed by atoms with van der Waals surface area (Å²) in [7, 11) is 0. The van der Waals surface area contributed by atoms with Crippen molar-refractivity contribution in [3.8, 4) is 11.8 Å². The van der Waals surface area contributed by atoms with Crippen molar-refractivity contribution in [1.82, 2.24) is 9.80 Å². The molecule has 1 N–H and O–H groups in total. The standard InChI is InChI=1S/C27H27FN2O3/c28-22-13-11-21(12-14-22)27(33)29-15-23-26(24(17-31)30(23)25(32)16-29)20-9-7-19(8-10-20)6-5-18-3-1-2-4-18/h7-14,18,23-24,26,31H,1-4,15-17H2/t23-,24-,26+/m1/s1. The van der Waals surface area contributed by atoms with E-state index in [1.165, 1.54) is 54.8 Å². The number of hydrogen-bond donors (Lipinski definition) is 1. The number of halogens is 1. The highest BCUT2D eigenvalue weighted by Crippen LogP contribution is 2.43. The summed E-state index contributed by atoms with van der Waals surface area (Å²) in [5, 5.41) is 9.98. The highest BCUT2D eigenvalue weighted by atomic mass is 19.1. The monoisotopic (exact) mass is 446 g/mol. The second-order valence-electron chi connectivity index (χ2n) is 9.21. The number of hydrogen-bond acceptors (Lipinski definition) is 3. The first kappa shape index (κ1) is 21.7. The zero-order chi connectivity index (χ0) is 22.9. The van der Waals surface area contributed by atoms with E-state index in [0.29, 0.717) is 18.0 Å². The number of aliphatic hydroxyl groups is 1. The molecular formula is C27H27FN2O3. The Morgan fingerprint density at radius 3 is 2.42 bits per heavy atom. The minimum absolute atomic E-state index is 0.0361. The Morgan fingerprint density at radius 1 is 1.06 bits per heavy atom. The Labute approximate surface area is 193 Å². The van der Waals surface area contributed by atoms with Crippen LogP contribution in [0.4, 0.5) is 4.39 Å². The number of carbonyl (C=O) groups excluding carboxylic acids is 2. The number of carbonyl (C=O) groups is 2. The summed E-state index contributed by atoms with van der Waals surface area (Å²) in [6.45, 7) is 0.222. The number of amides is 2. The molecule has 3 fully saturated rings. The van der Waals surface area contributed by atoms with Crippen molar-refractivity contribution in [3.05, 3.63) is 71.0 Å². The summed E-state index contributed by atoms with van der Waals surface area (Å²) < 4.78 is 13.2. The van der Waals surface area contributed by atoms with Crippen LogP contribution in [0.25, 0.3) is 0 Å². The summed E-state index contributed by atoms with van der Waals surface area (Å²) in [6, 6.07) is 12.9. The molecule has 2 heterocycles. The van der Waals surface area contributed by atoms with Gasteiger partial charge in [0, 0.05) is 29.5 Å². The summed E-state index contributed by atoms with van der Waals surface area (Å²) in [5.74, 6) is 6.23. The molecule has 5 nitrogen and oxygen atoms in total. The molecule has 3 atom stereocenters. The zero-order valence-electron chi connectivity index (χ0n) is 18.4. The SMILES string of the molecule is O=C(c1ccc(F)cc1)N1CC(=O)N2[C@H](CO)[C@@H](c3ccc(C#CC4CCCC4)cc3)[C@H]2C1. The highest BCUT2D eigenvalue weighted by Gasteiger charge is 2.54. The zero-order valence-corrected chi connectivity index (χ0v) is 18.4. The van der Waals surface area contributed by atoms with Crippen LogP contribution in [0.5, 0.6) is 0 Å². The fourth-order valence-electron chi connectivity index (χ4n) is 5.47. The molecule has 6 heteroatoms. The fraction of sp³-hybridized carbons (Fsp3) is 0.407. The van der Waals surface area contributed by atoms with E-state index in [-0.39, 0.29) is 43.0 Å². The minimum Gasteiger partial charge on any atom is -0.394 e. The molecule has 3 aliphatic rings. The van der Waals surface area contributed by atoms with E-state index >= 15 is 0 Å². The minimum atomic E-state index is -0.409. The molecule has 1 saturated carbocycles. The number of aliphatic hydroxyl groups excluding tert-OH is 1. The molecule has 33 heavy (non-hydrogen) atoms. The molecule has 0 bridgehead atoms. The number of benzene rings is 2. The molecule has 2 aromatic rings. The molecule has 2 saturated heterocycles. The van der Waals surface area contributed by atoms with E-state index in [0.717, 1.165) is 11.1 Å². The van der Waals surface area contributed by atoms with Gasteiger partial charge in [0.1, 0.15) is 12.4 Å². The van der Waals surface area contributed by atoms with Gasteiger partial charge < -0.3 is 14.9 Å². The van der Waals surface area contributed by atoms with Gasteiger partial charge in [-0.15, -0.1) is 0 Å². The summed E-state index contributed by atoms with van der Waals surface area (Å²) in [5.41, 5.74) is 2.36. The van der Waals surface area contributed by atoms with Gasteiger partial charge >= 0.3 is 0 Å². The quantitative estimate of drug-likeness (QED) is 0.737. The van der Waals surface area contributed by atoms with Crippen LogP contribution in [0.3, 0.4) is 0 Å². The molecule has 0 unspecified atom stereocenters. The van der Waals surface area contributed by atoms with Crippen LogP contribution in [-0.4, -0.2) is 58.5 Å². The molecular weight excluding hydrogens is 419 g/mol. The van der Waals surface area contributed by atoms with Gasteiger partial charge in [0.15, 0.2) is 0 Å². The third kappa shape index (κ3) is 4.14. The smallest absolute Gasteiger partial charge is 0.254 e. The van der Waals surface area contributed by atoms with Crippen molar-refractivity contribution >= 4 is 11.8 Å². The average molecular weight is 447 g/mol. The summed E-state index contributed by atoms with van der Waals surface area (Å²) in [6.07, 6.45) is 4.90. The van der Waals surface area contributed by atoms with Crippen LogP contribution < -0.4 is 0 Å². The first-order valence-electron chi connectivity index (χ1n) is 11.6. The maximum absolute atomic E-state index is 13.2. The Hall–Kier alpha value is -3.17. The second kappa shape index (κ2) is 8.99. The number of nitrogens with zero attached hydrogens (tertiary/aromatic N) is 2. The van der Waals surface area contributed by atoms with Gasteiger partial charge in [-0.2, -0.15) is 0 Å². The molecule has 5 rings (SSSR count). The fourth-order valence-corrected chi connectivity index (χ4v) is 5.47. The lowest BCUT2D eigenvalue weighted by Gasteiger charge is -2.58. The molecule has 0 radical (unpaired) electrons. The van der Waals surface area contributed by atoms with Crippen LogP contribution in [-0.2, 0) is 4.79 Å². The molecule has 1 aliphatic carbocycles. The Balaban J connectivity index is 1.33. The van der Waals surface area contributed by atoms with Crippen LogP contribution in [0.1, 0.15) is 53.1 Å². The Bertz CT molecular complexity index is 1100. The van der Waals surface area contributed by atoms with Crippen molar-refractivity contribution < 1.29 is 19.1 Å². The third-order valence-corrected chi connectivity index (χ3v) is 7.20. The van der Waals surface area contributed by atoms with Gasteiger partial charge in [-0.05, 0) is 54.8 Å². The van der Waals surface area contributed by atoms with Crippen molar-refractivity contribution in [3.63, 3.8) is 0 Å². The van der Waals surface area contributed by atoms with Gasteiger partial charge in [-0.25, -0.2) is 4.39 Å². The predicted octanol–water partition coefficient (Wildman–Crippen LogP) is 3.18. The van der Waals surface area contributed by atoms with Gasteiger partial charge in [0.25, 0.3) is 5.91 Å². The van der Waals surface area contributed by atoms with E-state index in [2.05, 4.69) is 11.8 Å². The van der Waals surface area contributed by atoms with Gasteiger partial charge in [-0.1, -0.05) is 36.8 Å². The molecule has 170 valence electrons. The molecule has 2 amide bonds. The first-order valence-corrected chi connectivity index (χ1v) is 11.6. The van der Waals surface area contributed by atoms with Crippen LogP contribution in [0.2, 0.25) is 0 Å². The lowest BCUT2D eigenvalue weighted by atomic mass is 9.73. The lowest BCUT2D eigenvalue weighted by Crippen LogP contribution is -2.73. The molecule has 0 aromatic heterocycles. The van der Waals surface area contributed by atoms with E-state index in [1.807, 2.05) is 24.3 Å². The third-order valence-electron chi connectivity index (χ3n) is 7.20. The predicted molar refractivity (Wildman–Crippen MR) is 122 cm³/mol. The number of rotatable bonds is 3. The van der Waals surface area contributed by atoms with Crippen LogP contribution in [0.15, 0.2) is 48.5 Å². The van der Waals surface area contributed by atoms with E-state index in [9.17, 15) is 19.1 Å². The maximum atomic E-state index is 13.2. The van der Waals surface area contributed by atoms with E-state index in [1.54, 1.807) is 4.90 Å². The normalized spacial score (nSPS) is 24.7. The largest absolute Gasteiger partial charge is 0.394 e. The molecule has 0 spiro atoms. The first-order chi connectivity index (χ1) is 16.0. The molecule has 2 aliphatic heterocycles. The number of fused-ring (bicyclic) bond motifs is 1. The van der Waals surface area contributed by atoms with E-state index in [4.69, 9.17) is 0 Å². The van der Waals surface area contributed by atoms with Gasteiger partial charge in [0.05, 0.1) is 18.7 Å². The summed E-state index contributed by atoms with van der Waals surface area (Å²) >= 11 is 0. The van der Waals surface area contributed by atoms with Crippen molar-refractivity contribution in [2.75, 3.05) is 19.7 Å². The van der Waals surface area contributed by atoms with Crippen molar-refractivity contribution in [2.24, 2.45) is 5.92 Å². The topological polar surface area (TPSA) is 60.9 Å². The van der Waals surface area contributed by atoms with Crippen LogP contribution in [0, 0.1) is 23.6 Å². The second-order valence-corrected chi connectivity index (χ2v) is 9.21. The summed E-state index contributed by atoms with van der Waals surface area (Å²) in [4.78, 5) is 29.0. The Morgan fingerprint density at radius 2 is 1.76 bits per heavy atom. The lowest BCUT2D eigenvalue weighted by molar-refractivity contribution is -0.159. The van der Waals surface area contributed by atoms with Crippen molar-refractivity contribution in [1.29, 1.82) is 0 Å². The highest BCUT2D eigenvalue weighted by molar-refractivity contribution is 5.97. The Kier molecular flexibility index (Phi) is 5.90. The van der Waals surface area contributed by atoms with E-state index < -0.39 is 5.82 Å². The average Bonchev–Trinajstić information content (AvgIpc) is 3.33.